The van der Waals surface area contributed by atoms with E-state index in [1.807, 2.05) is 30.6 Å². The lowest BCUT2D eigenvalue weighted by atomic mass is 10.00. The zero-order chi connectivity index (χ0) is 24.2. The summed E-state index contributed by atoms with van der Waals surface area (Å²) in [5.74, 6) is 0. The van der Waals surface area contributed by atoms with Gasteiger partial charge in [-0.05, 0) is 66.1 Å². The molecule has 0 bridgehead atoms. The summed E-state index contributed by atoms with van der Waals surface area (Å²) in [4.78, 5) is 12.3. The van der Waals surface area contributed by atoms with Crippen molar-refractivity contribution < 1.29 is 0 Å². The molecule has 0 aliphatic rings. The Balaban J connectivity index is 1.58. The third kappa shape index (κ3) is 4.44. The quantitative estimate of drug-likeness (QED) is 0.238. The van der Waals surface area contributed by atoms with Crippen LogP contribution in [0.25, 0.3) is 50.0 Å². The van der Waals surface area contributed by atoms with Crippen LogP contribution in [0.4, 0.5) is 0 Å². The van der Waals surface area contributed by atoms with Crippen molar-refractivity contribution in [3.05, 3.63) is 97.0 Å². The Morgan fingerprint density at radius 3 is 2.80 bits per heavy atom. The number of hydrogen-bond acceptors (Lipinski definition) is 4. The van der Waals surface area contributed by atoms with Gasteiger partial charge in [-0.1, -0.05) is 43.9 Å². The van der Waals surface area contributed by atoms with Crippen molar-refractivity contribution in [2.75, 3.05) is 13.1 Å². The van der Waals surface area contributed by atoms with Crippen LogP contribution in [0, 0.1) is 0 Å². The van der Waals surface area contributed by atoms with Gasteiger partial charge in [0, 0.05) is 41.5 Å². The van der Waals surface area contributed by atoms with Crippen LogP contribution in [-0.2, 0) is 0 Å². The van der Waals surface area contributed by atoms with E-state index < -0.39 is 0 Å². The van der Waals surface area contributed by atoms with E-state index in [1.54, 1.807) is 6.20 Å². The SMILES string of the molecule is C=C/C(=C\C(=C/C)c1ccc2[nH]nc(-c3cc4c(-c5cccnc5)ccnc4[nH]3)c2c1)CNCC. The number of aromatic nitrogens is 5. The Morgan fingerprint density at radius 2 is 2.03 bits per heavy atom. The average Bonchev–Trinajstić information content (AvgIpc) is 3.53. The summed E-state index contributed by atoms with van der Waals surface area (Å²) in [5.41, 5.74) is 9.16. The largest absolute Gasteiger partial charge is 0.338 e. The van der Waals surface area contributed by atoms with Gasteiger partial charge < -0.3 is 10.3 Å². The van der Waals surface area contributed by atoms with Crippen molar-refractivity contribution in [1.29, 1.82) is 0 Å². The third-order valence-electron chi connectivity index (χ3n) is 6.15. The Kier molecular flexibility index (Phi) is 6.37. The maximum Gasteiger partial charge on any atom is 0.138 e. The van der Waals surface area contributed by atoms with Crippen molar-refractivity contribution in [1.82, 2.24) is 30.5 Å². The molecule has 4 aromatic heterocycles. The second-order valence-electron chi connectivity index (χ2n) is 8.33. The van der Waals surface area contributed by atoms with E-state index in [9.17, 15) is 0 Å². The second kappa shape index (κ2) is 9.91. The number of benzene rings is 1. The van der Waals surface area contributed by atoms with Crippen LogP contribution < -0.4 is 5.32 Å². The lowest BCUT2D eigenvalue weighted by Gasteiger charge is -2.07. The predicted molar refractivity (Wildman–Crippen MR) is 145 cm³/mol. The second-order valence-corrected chi connectivity index (χ2v) is 8.33. The lowest BCUT2D eigenvalue weighted by molar-refractivity contribution is 0.785. The Hall–Kier alpha value is -4.29. The number of nitrogens with one attached hydrogen (secondary N) is 3. The van der Waals surface area contributed by atoms with Gasteiger partial charge in [-0.25, -0.2) is 4.98 Å². The van der Waals surface area contributed by atoms with Crippen LogP contribution in [0.5, 0.6) is 0 Å². The molecule has 0 fully saturated rings. The molecule has 0 radical (unpaired) electrons. The molecule has 4 heterocycles. The van der Waals surface area contributed by atoms with E-state index >= 15 is 0 Å². The molecule has 1 aromatic carbocycles. The summed E-state index contributed by atoms with van der Waals surface area (Å²) in [5, 5.41) is 13.3. The number of allylic oxidation sites excluding steroid dienone is 3. The number of fused-ring (bicyclic) bond motifs is 2. The van der Waals surface area contributed by atoms with Crippen LogP contribution in [0.1, 0.15) is 19.4 Å². The number of aromatic amines is 2. The topological polar surface area (TPSA) is 82.3 Å². The molecule has 6 nitrogen and oxygen atoms in total. The molecular weight excluding hydrogens is 432 g/mol. The van der Waals surface area contributed by atoms with Gasteiger partial charge in [0.1, 0.15) is 11.3 Å². The van der Waals surface area contributed by atoms with E-state index in [-0.39, 0.29) is 0 Å². The highest BCUT2D eigenvalue weighted by Gasteiger charge is 2.15. The molecule has 5 aromatic rings. The van der Waals surface area contributed by atoms with Crippen molar-refractivity contribution >= 4 is 27.5 Å². The van der Waals surface area contributed by atoms with Gasteiger partial charge in [-0.2, -0.15) is 5.10 Å². The van der Waals surface area contributed by atoms with Gasteiger partial charge in [0.05, 0.1) is 11.2 Å². The summed E-state index contributed by atoms with van der Waals surface area (Å²) in [6.45, 7) is 9.85. The molecule has 6 heteroatoms. The van der Waals surface area contributed by atoms with E-state index in [4.69, 9.17) is 0 Å². The smallest absolute Gasteiger partial charge is 0.138 e. The van der Waals surface area contributed by atoms with Gasteiger partial charge in [0.25, 0.3) is 0 Å². The molecule has 5 rings (SSSR count). The van der Waals surface area contributed by atoms with Crippen LogP contribution in [0.2, 0.25) is 0 Å². The van der Waals surface area contributed by atoms with Crippen molar-refractivity contribution in [2.24, 2.45) is 0 Å². The minimum Gasteiger partial charge on any atom is -0.338 e. The molecule has 0 spiro atoms. The zero-order valence-corrected chi connectivity index (χ0v) is 20.0. The van der Waals surface area contributed by atoms with Crippen LogP contribution in [0.3, 0.4) is 0 Å². The van der Waals surface area contributed by atoms with E-state index in [0.717, 1.165) is 74.3 Å². The first-order chi connectivity index (χ1) is 17.2. The normalized spacial score (nSPS) is 12.5. The van der Waals surface area contributed by atoms with E-state index in [1.165, 1.54) is 0 Å². The monoisotopic (exact) mass is 460 g/mol. The summed E-state index contributed by atoms with van der Waals surface area (Å²) in [7, 11) is 0. The molecule has 0 aliphatic carbocycles. The minimum atomic E-state index is 0.790. The number of rotatable bonds is 8. The fraction of sp³-hybridized carbons (Fsp3) is 0.138. The standard InChI is InChI=1S/C29H28N6/c1-4-19(17-30-6-3)14-20(5-2)21-9-10-26-25(15-21)28(35-34-26)27-16-24-23(11-13-32-29(24)33-27)22-8-7-12-31-18-22/h4-5,7-16,18,30H,1,6,17H2,2-3H3,(H,32,33)(H,34,35)/b19-14+,20-5+. The molecular formula is C29H28N6. The third-order valence-corrected chi connectivity index (χ3v) is 6.15. The zero-order valence-electron chi connectivity index (χ0n) is 20.0. The van der Waals surface area contributed by atoms with E-state index in [2.05, 4.69) is 93.4 Å². The average molecular weight is 461 g/mol. The number of hydrogen-bond donors (Lipinski definition) is 3. The molecule has 0 saturated carbocycles. The Labute approximate surface area is 204 Å². The van der Waals surface area contributed by atoms with Gasteiger partial charge in [0.15, 0.2) is 0 Å². The number of likely N-dealkylation sites (N-methyl/N-ethyl adjacent to an activating group) is 1. The fourth-order valence-electron chi connectivity index (χ4n) is 4.31. The molecule has 0 saturated heterocycles. The van der Waals surface area contributed by atoms with Gasteiger partial charge in [-0.3, -0.25) is 10.1 Å². The molecule has 35 heavy (non-hydrogen) atoms. The Morgan fingerprint density at radius 1 is 1.11 bits per heavy atom. The van der Waals surface area contributed by atoms with Crippen molar-refractivity contribution in [3.8, 4) is 22.5 Å². The lowest BCUT2D eigenvalue weighted by Crippen LogP contribution is -2.15. The maximum absolute atomic E-state index is 4.65. The minimum absolute atomic E-state index is 0.790. The summed E-state index contributed by atoms with van der Waals surface area (Å²) in [6, 6.07) is 14.5. The molecule has 0 amide bonds. The van der Waals surface area contributed by atoms with Gasteiger partial charge in [0.2, 0.25) is 0 Å². The first kappa shape index (κ1) is 22.5. The highest BCUT2D eigenvalue weighted by molar-refractivity contribution is 6.00. The first-order valence-electron chi connectivity index (χ1n) is 11.8. The van der Waals surface area contributed by atoms with Crippen LogP contribution in [0.15, 0.2) is 91.4 Å². The molecule has 0 aliphatic heterocycles. The van der Waals surface area contributed by atoms with Crippen molar-refractivity contribution in [3.63, 3.8) is 0 Å². The summed E-state index contributed by atoms with van der Waals surface area (Å²) < 4.78 is 0. The van der Waals surface area contributed by atoms with Crippen LogP contribution in [-0.4, -0.2) is 38.2 Å². The summed E-state index contributed by atoms with van der Waals surface area (Å²) >= 11 is 0. The van der Waals surface area contributed by atoms with Gasteiger partial charge >= 0.3 is 0 Å². The predicted octanol–water partition coefficient (Wildman–Crippen LogP) is 6.29. The molecule has 3 N–H and O–H groups in total. The maximum atomic E-state index is 4.65. The molecule has 174 valence electrons. The highest BCUT2D eigenvalue weighted by Crippen LogP contribution is 2.34. The number of H-pyrrole nitrogens is 2. The highest BCUT2D eigenvalue weighted by atomic mass is 15.1. The van der Waals surface area contributed by atoms with E-state index in [0.29, 0.717) is 0 Å². The number of nitrogens with zero attached hydrogens (tertiary/aromatic N) is 3. The number of pyridine rings is 2. The van der Waals surface area contributed by atoms with Gasteiger partial charge in [-0.15, -0.1) is 0 Å². The molecule has 0 unspecified atom stereocenters. The molecule has 0 atom stereocenters. The fourth-order valence-corrected chi connectivity index (χ4v) is 4.31. The Bertz CT molecular complexity index is 1550. The first-order valence-corrected chi connectivity index (χ1v) is 11.8. The van der Waals surface area contributed by atoms with Crippen LogP contribution >= 0.6 is 0 Å². The van der Waals surface area contributed by atoms with Crippen molar-refractivity contribution in [2.45, 2.75) is 13.8 Å². The summed E-state index contributed by atoms with van der Waals surface area (Å²) in [6.07, 6.45) is 11.7.